The molecule has 0 saturated heterocycles. The number of benzene rings is 1. The molecule has 0 bridgehead atoms. The van der Waals surface area contributed by atoms with Gasteiger partial charge < -0.3 is 19.7 Å². The quantitative estimate of drug-likeness (QED) is 0.867. The second-order valence-corrected chi connectivity index (χ2v) is 6.36. The zero-order chi connectivity index (χ0) is 16.3. The van der Waals surface area contributed by atoms with E-state index >= 15 is 0 Å². The molecular weight excluding hydrogens is 268 g/mol. The average Bonchev–Trinajstić information content (AvgIpc) is 2.36. The van der Waals surface area contributed by atoms with E-state index < -0.39 is 17.2 Å². The van der Waals surface area contributed by atoms with E-state index in [-0.39, 0.29) is 0 Å². The molecule has 5 heteroatoms. The third-order valence-corrected chi connectivity index (χ3v) is 2.94. The number of nitrogens with one attached hydrogen (secondary N) is 1. The van der Waals surface area contributed by atoms with Gasteiger partial charge in [-0.3, -0.25) is 0 Å². The summed E-state index contributed by atoms with van der Waals surface area (Å²) in [4.78, 5) is 25.5. The molecule has 0 fully saturated rings. The second-order valence-electron chi connectivity index (χ2n) is 6.36. The molecule has 1 N–H and O–H groups in total. The smallest absolute Gasteiger partial charge is 0.408 e. The van der Waals surface area contributed by atoms with Crippen LogP contribution >= 0.6 is 0 Å². The van der Waals surface area contributed by atoms with Crippen LogP contribution in [0.4, 0.5) is 10.5 Å². The third kappa shape index (κ3) is 4.48. The van der Waals surface area contributed by atoms with Crippen molar-refractivity contribution >= 4 is 18.1 Å². The number of anilines is 1. The molecule has 0 heterocycles. The minimum absolute atomic E-state index is 0.616. The van der Waals surface area contributed by atoms with Crippen LogP contribution in [0.15, 0.2) is 24.3 Å². The summed E-state index contributed by atoms with van der Waals surface area (Å²) in [7, 11) is 3.77. The van der Waals surface area contributed by atoms with E-state index in [1.54, 1.807) is 27.7 Å². The lowest BCUT2D eigenvalue weighted by atomic mass is 9.91. The number of ether oxygens (including phenoxy) is 1. The number of hydrogen-bond acceptors (Lipinski definition) is 4. The van der Waals surface area contributed by atoms with Gasteiger partial charge in [0, 0.05) is 25.3 Å². The van der Waals surface area contributed by atoms with Gasteiger partial charge in [-0.15, -0.1) is 0 Å². The van der Waals surface area contributed by atoms with Crippen molar-refractivity contribution in [2.75, 3.05) is 19.0 Å². The van der Waals surface area contributed by atoms with Crippen LogP contribution in [0.5, 0.6) is 0 Å². The normalized spacial score (nSPS) is 14.0. The summed E-state index contributed by atoms with van der Waals surface area (Å²) in [6, 6.07) is 7.44. The third-order valence-electron chi connectivity index (χ3n) is 2.94. The Morgan fingerprint density at radius 1 is 1.19 bits per heavy atom. The standard InChI is InChI=1S/C16H24N2O3/c1-15(2,3)21-14(20)17-16(4,11-19)12-9-7-8-10-13(12)18(5)6/h7-11H,1-6H3,(H,17,20). The largest absolute Gasteiger partial charge is 0.444 e. The van der Waals surface area contributed by atoms with Crippen molar-refractivity contribution in [1.29, 1.82) is 0 Å². The number of para-hydroxylation sites is 1. The van der Waals surface area contributed by atoms with Gasteiger partial charge in [-0.1, -0.05) is 18.2 Å². The van der Waals surface area contributed by atoms with Gasteiger partial charge in [0.25, 0.3) is 0 Å². The number of rotatable bonds is 4. The Morgan fingerprint density at radius 3 is 2.24 bits per heavy atom. The molecule has 0 aliphatic heterocycles. The van der Waals surface area contributed by atoms with Crippen LogP contribution in [0.1, 0.15) is 33.3 Å². The minimum atomic E-state index is -1.15. The fourth-order valence-corrected chi connectivity index (χ4v) is 1.98. The molecule has 0 aromatic heterocycles. The summed E-state index contributed by atoms with van der Waals surface area (Å²) in [5.74, 6) is 0. The number of carbonyl (C=O) groups excluding carboxylic acids is 2. The maximum absolute atomic E-state index is 12.0. The van der Waals surface area contributed by atoms with Gasteiger partial charge in [-0.2, -0.15) is 0 Å². The first-order valence-electron chi connectivity index (χ1n) is 6.83. The molecule has 1 aromatic rings. The van der Waals surface area contributed by atoms with Crippen molar-refractivity contribution in [3.8, 4) is 0 Å². The maximum atomic E-state index is 12.0. The molecule has 0 saturated carbocycles. The van der Waals surface area contributed by atoms with Crippen molar-refractivity contribution in [2.24, 2.45) is 0 Å². The van der Waals surface area contributed by atoms with E-state index in [0.717, 1.165) is 17.5 Å². The highest BCUT2D eigenvalue weighted by molar-refractivity contribution is 5.80. The molecule has 1 aromatic carbocycles. The lowest BCUT2D eigenvalue weighted by Crippen LogP contribution is -2.47. The molecule has 1 atom stereocenters. The zero-order valence-electron chi connectivity index (χ0n) is 13.6. The van der Waals surface area contributed by atoms with Gasteiger partial charge >= 0.3 is 6.09 Å². The summed E-state index contributed by atoms with van der Waals surface area (Å²) in [5.41, 5.74) is -0.183. The van der Waals surface area contributed by atoms with Gasteiger partial charge in [0.2, 0.25) is 0 Å². The van der Waals surface area contributed by atoms with Gasteiger partial charge in [0.05, 0.1) is 0 Å². The number of nitrogens with zero attached hydrogens (tertiary/aromatic N) is 1. The van der Waals surface area contributed by atoms with Crippen LogP contribution in [0.25, 0.3) is 0 Å². The van der Waals surface area contributed by atoms with Crippen LogP contribution in [0.3, 0.4) is 0 Å². The summed E-state index contributed by atoms with van der Waals surface area (Å²) in [5, 5.41) is 2.66. The number of amides is 1. The van der Waals surface area contributed by atoms with Crippen LogP contribution < -0.4 is 10.2 Å². The number of carbonyl (C=O) groups is 2. The van der Waals surface area contributed by atoms with Crippen molar-refractivity contribution < 1.29 is 14.3 Å². The van der Waals surface area contributed by atoms with Crippen molar-refractivity contribution in [1.82, 2.24) is 5.32 Å². The Hall–Kier alpha value is -2.04. The Bertz CT molecular complexity index is 520. The number of aldehydes is 1. The molecular formula is C16H24N2O3. The average molecular weight is 292 g/mol. The second kappa shape index (κ2) is 6.16. The van der Waals surface area contributed by atoms with E-state index in [4.69, 9.17) is 4.74 Å². The predicted molar refractivity (Wildman–Crippen MR) is 83.6 cm³/mol. The Morgan fingerprint density at radius 2 is 1.76 bits per heavy atom. The Labute approximate surface area is 126 Å². The Balaban J connectivity index is 3.11. The monoisotopic (exact) mass is 292 g/mol. The highest BCUT2D eigenvalue weighted by atomic mass is 16.6. The molecule has 1 rings (SSSR count). The molecule has 0 spiro atoms. The molecule has 5 nitrogen and oxygen atoms in total. The first-order chi connectivity index (χ1) is 9.59. The summed E-state index contributed by atoms with van der Waals surface area (Å²) in [6.07, 6.45) is 0.102. The van der Waals surface area contributed by atoms with Crippen LogP contribution in [-0.4, -0.2) is 32.1 Å². The fourth-order valence-electron chi connectivity index (χ4n) is 1.98. The Kier molecular flexibility index (Phi) is 4.99. The lowest BCUT2D eigenvalue weighted by molar-refractivity contribution is -0.113. The maximum Gasteiger partial charge on any atom is 0.408 e. The first kappa shape index (κ1) is 17.0. The molecule has 1 amide bonds. The van der Waals surface area contributed by atoms with Gasteiger partial charge in [-0.05, 0) is 33.8 Å². The van der Waals surface area contributed by atoms with Crippen LogP contribution in [0.2, 0.25) is 0 Å². The zero-order valence-corrected chi connectivity index (χ0v) is 13.6. The van der Waals surface area contributed by atoms with E-state index in [9.17, 15) is 9.59 Å². The van der Waals surface area contributed by atoms with Crippen LogP contribution in [0, 0.1) is 0 Å². The van der Waals surface area contributed by atoms with E-state index in [1.165, 1.54) is 0 Å². The summed E-state index contributed by atoms with van der Waals surface area (Å²) in [6.45, 7) is 6.99. The molecule has 0 radical (unpaired) electrons. The molecule has 116 valence electrons. The van der Waals surface area contributed by atoms with Crippen molar-refractivity contribution in [3.05, 3.63) is 29.8 Å². The molecule has 0 aliphatic rings. The van der Waals surface area contributed by atoms with E-state index in [2.05, 4.69) is 5.32 Å². The minimum Gasteiger partial charge on any atom is -0.444 e. The lowest BCUT2D eigenvalue weighted by Gasteiger charge is -2.31. The molecule has 1 unspecified atom stereocenters. The molecule has 21 heavy (non-hydrogen) atoms. The number of hydrogen-bond donors (Lipinski definition) is 1. The highest BCUT2D eigenvalue weighted by Crippen LogP contribution is 2.28. The van der Waals surface area contributed by atoms with Crippen molar-refractivity contribution in [2.45, 2.75) is 38.8 Å². The van der Waals surface area contributed by atoms with Gasteiger partial charge in [-0.25, -0.2) is 4.79 Å². The summed E-state index contributed by atoms with van der Waals surface area (Å²) >= 11 is 0. The predicted octanol–water partition coefficient (Wildman–Crippen LogP) is 2.69. The SMILES string of the molecule is CN(C)c1ccccc1C(C)(C=O)NC(=O)OC(C)(C)C. The highest BCUT2D eigenvalue weighted by Gasteiger charge is 2.32. The van der Waals surface area contributed by atoms with Gasteiger partial charge in [0.15, 0.2) is 0 Å². The topological polar surface area (TPSA) is 58.6 Å². The van der Waals surface area contributed by atoms with E-state index in [0.29, 0.717) is 0 Å². The van der Waals surface area contributed by atoms with E-state index in [1.807, 2.05) is 43.3 Å². The van der Waals surface area contributed by atoms with Crippen molar-refractivity contribution in [3.63, 3.8) is 0 Å². The van der Waals surface area contributed by atoms with Gasteiger partial charge in [0.1, 0.15) is 17.4 Å². The fraction of sp³-hybridized carbons (Fsp3) is 0.500. The number of alkyl carbamates (subject to hydrolysis) is 1. The van der Waals surface area contributed by atoms with Crippen LogP contribution in [-0.2, 0) is 15.1 Å². The summed E-state index contributed by atoms with van der Waals surface area (Å²) < 4.78 is 5.23. The first-order valence-corrected chi connectivity index (χ1v) is 6.83. The molecule has 0 aliphatic carbocycles.